The first-order valence-electron chi connectivity index (χ1n) is 5.30. The Bertz CT molecular complexity index is 416. The summed E-state index contributed by atoms with van der Waals surface area (Å²) in [6.45, 7) is 4.32. The number of benzene rings is 1. The van der Waals surface area contributed by atoms with Crippen molar-refractivity contribution in [2.45, 2.75) is 32.7 Å². The van der Waals surface area contributed by atoms with Crippen LogP contribution in [0.5, 0.6) is 0 Å². The standard InChI is InChI=1S/C13H15NO/c1-13(2)8-7-10-5-3-4-6-11(10)12(13)14-9-15/h3-6,12H,7-8H2,1-2H3. The van der Waals surface area contributed by atoms with E-state index in [1.807, 2.05) is 12.1 Å². The Morgan fingerprint density at radius 3 is 2.87 bits per heavy atom. The Morgan fingerprint density at radius 1 is 1.40 bits per heavy atom. The molecule has 2 heteroatoms. The molecule has 0 spiro atoms. The molecule has 0 aliphatic heterocycles. The second kappa shape index (κ2) is 3.63. The quantitative estimate of drug-likeness (QED) is 0.507. The van der Waals surface area contributed by atoms with Gasteiger partial charge in [0.2, 0.25) is 6.08 Å². The number of aliphatic imine (C=N–C) groups is 1. The number of carbonyl (C=O) groups excluding carboxylic acids is 1. The van der Waals surface area contributed by atoms with Crippen LogP contribution in [0, 0.1) is 5.41 Å². The first-order valence-corrected chi connectivity index (χ1v) is 5.30. The lowest BCUT2D eigenvalue weighted by atomic mass is 9.70. The van der Waals surface area contributed by atoms with Crippen LogP contribution in [0.1, 0.15) is 37.4 Å². The van der Waals surface area contributed by atoms with Gasteiger partial charge in [0.1, 0.15) is 0 Å². The zero-order valence-electron chi connectivity index (χ0n) is 9.16. The van der Waals surface area contributed by atoms with Gasteiger partial charge in [-0.15, -0.1) is 0 Å². The summed E-state index contributed by atoms with van der Waals surface area (Å²) in [4.78, 5) is 14.5. The van der Waals surface area contributed by atoms with Crippen LogP contribution < -0.4 is 0 Å². The van der Waals surface area contributed by atoms with Crippen LogP contribution in [0.3, 0.4) is 0 Å². The van der Waals surface area contributed by atoms with Crippen LogP contribution in [0.2, 0.25) is 0 Å². The summed E-state index contributed by atoms with van der Waals surface area (Å²) < 4.78 is 0. The highest BCUT2D eigenvalue weighted by molar-refractivity contribution is 5.40. The summed E-state index contributed by atoms with van der Waals surface area (Å²) in [5.41, 5.74) is 2.57. The van der Waals surface area contributed by atoms with E-state index in [1.165, 1.54) is 11.1 Å². The molecule has 0 fully saturated rings. The molecule has 0 N–H and O–H groups in total. The van der Waals surface area contributed by atoms with Gasteiger partial charge in [0.15, 0.2) is 0 Å². The molecule has 1 aromatic carbocycles. The van der Waals surface area contributed by atoms with Crippen LogP contribution in [-0.4, -0.2) is 6.08 Å². The number of rotatable bonds is 1. The third kappa shape index (κ3) is 1.73. The van der Waals surface area contributed by atoms with Crippen LogP contribution in [-0.2, 0) is 11.2 Å². The summed E-state index contributed by atoms with van der Waals surface area (Å²) in [5, 5.41) is 0. The molecule has 1 aliphatic carbocycles. The summed E-state index contributed by atoms with van der Waals surface area (Å²) in [6, 6.07) is 8.21. The maximum Gasteiger partial charge on any atom is 0.235 e. The Kier molecular flexibility index (Phi) is 2.45. The van der Waals surface area contributed by atoms with Crippen molar-refractivity contribution in [1.82, 2.24) is 0 Å². The van der Waals surface area contributed by atoms with Gasteiger partial charge in [0.05, 0.1) is 6.04 Å². The van der Waals surface area contributed by atoms with Gasteiger partial charge in [0, 0.05) is 0 Å². The molecule has 2 nitrogen and oxygen atoms in total. The van der Waals surface area contributed by atoms with Crippen molar-refractivity contribution in [1.29, 1.82) is 0 Å². The van der Waals surface area contributed by atoms with Crippen LogP contribution >= 0.6 is 0 Å². The lowest BCUT2D eigenvalue weighted by Gasteiger charge is -2.36. The zero-order valence-corrected chi connectivity index (χ0v) is 9.16. The minimum atomic E-state index is -0.0278. The highest BCUT2D eigenvalue weighted by Gasteiger charge is 2.35. The number of aryl methyl sites for hydroxylation is 1. The van der Waals surface area contributed by atoms with E-state index in [0.29, 0.717) is 0 Å². The molecule has 0 amide bonds. The Hall–Kier alpha value is -1.40. The average molecular weight is 201 g/mol. The summed E-state index contributed by atoms with van der Waals surface area (Å²) in [5.74, 6) is 0. The fourth-order valence-corrected chi connectivity index (χ4v) is 2.34. The number of hydrogen-bond acceptors (Lipinski definition) is 2. The van der Waals surface area contributed by atoms with Crippen LogP contribution in [0.25, 0.3) is 0 Å². The van der Waals surface area contributed by atoms with Crippen molar-refractivity contribution < 1.29 is 4.79 Å². The molecular formula is C13H15NO. The van der Waals surface area contributed by atoms with Gasteiger partial charge in [-0.1, -0.05) is 38.1 Å². The number of hydrogen-bond donors (Lipinski definition) is 0. The molecular weight excluding hydrogens is 186 g/mol. The predicted octanol–water partition coefficient (Wildman–Crippen LogP) is 3.04. The Balaban J connectivity index is 2.52. The van der Waals surface area contributed by atoms with E-state index in [0.717, 1.165) is 12.8 Å². The van der Waals surface area contributed by atoms with Gasteiger partial charge in [-0.25, -0.2) is 4.79 Å². The van der Waals surface area contributed by atoms with E-state index >= 15 is 0 Å². The molecule has 1 aromatic rings. The topological polar surface area (TPSA) is 29.4 Å². The monoisotopic (exact) mass is 201 g/mol. The van der Waals surface area contributed by atoms with Crippen molar-refractivity contribution in [3.8, 4) is 0 Å². The first kappa shape index (κ1) is 10.1. The average Bonchev–Trinajstić information content (AvgIpc) is 2.23. The normalized spacial score (nSPS) is 22.7. The fraction of sp³-hybridized carbons (Fsp3) is 0.462. The highest BCUT2D eigenvalue weighted by atomic mass is 16.1. The Morgan fingerprint density at radius 2 is 2.13 bits per heavy atom. The predicted molar refractivity (Wildman–Crippen MR) is 59.4 cm³/mol. The van der Waals surface area contributed by atoms with Gasteiger partial charge in [-0.3, -0.25) is 0 Å². The lowest BCUT2D eigenvalue weighted by Crippen LogP contribution is -2.27. The summed E-state index contributed by atoms with van der Waals surface area (Å²) >= 11 is 0. The van der Waals surface area contributed by atoms with E-state index in [4.69, 9.17) is 0 Å². The van der Waals surface area contributed by atoms with Gasteiger partial charge >= 0.3 is 0 Å². The van der Waals surface area contributed by atoms with Crippen molar-refractivity contribution in [3.05, 3.63) is 35.4 Å². The Labute approximate surface area is 90.0 Å². The molecule has 0 saturated carbocycles. The molecule has 2 rings (SSSR count). The van der Waals surface area contributed by atoms with E-state index in [9.17, 15) is 4.79 Å². The molecule has 0 saturated heterocycles. The summed E-state index contributed by atoms with van der Waals surface area (Å²) in [7, 11) is 0. The lowest BCUT2D eigenvalue weighted by molar-refractivity contribution is 0.250. The van der Waals surface area contributed by atoms with Crippen molar-refractivity contribution in [3.63, 3.8) is 0 Å². The third-order valence-corrected chi connectivity index (χ3v) is 3.31. The van der Waals surface area contributed by atoms with Gasteiger partial charge < -0.3 is 0 Å². The molecule has 0 aromatic heterocycles. The van der Waals surface area contributed by atoms with Crippen molar-refractivity contribution in [2.24, 2.45) is 10.4 Å². The van der Waals surface area contributed by atoms with Crippen molar-refractivity contribution in [2.75, 3.05) is 0 Å². The molecule has 15 heavy (non-hydrogen) atoms. The highest BCUT2D eigenvalue weighted by Crippen LogP contribution is 2.45. The van der Waals surface area contributed by atoms with Crippen molar-refractivity contribution >= 4 is 6.08 Å². The van der Waals surface area contributed by atoms with Crippen LogP contribution in [0.4, 0.5) is 0 Å². The second-order valence-corrected chi connectivity index (χ2v) is 4.81. The van der Waals surface area contributed by atoms with Gasteiger partial charge in [0.25, 0.3) is 0 Å². The summed E-state index contributed by atoms with van der Waals surface area (Å²) in [6.07, 6.45) is 3.86. The number of isocyanates is 1. The largest absolute Gasteiger partial charge is 0.235 e. The van der Waals surface area contributed by atoms with Gasteiger partial charge in [-0.2, -0.15) is 4.99 Å². The molecule has 78 valence electrons. The maximum atomic E-state index is 10.5. The van der Waals surface area contributed by atoms with E-state index in [-0.39, 0.29) is 11.5 Å². The molecule has 1 atom stereocenters. The molecule has 0 heterocycles. The van der Waals surface area contributed by atoms with E-state index < -0.39 is 0 Å². The molecule has 1 aliphatic rings. The zero-order chi connectivity index (χ0) is 10.9. The SMILES string of the molecule is CC1(C)CCc2ccccc2C1N=C=O. The smallest absolute Gasteiger partial charge is 0.211 e. The van der Waals surface area contributed by atoms with Gasteiger partial charge in [-0.05, 0) is 29.4 Å². The first-order chi connectivity index (χ1) is 7.15. The molecule has 0 bridgehead atoms. The van der Waals surface area contributed by atoms with E-state index in [2.05, 4.69) is 31.0 Å². The molecule has 0 radical (unpaired) electrons. The minimum Gasteiger partial charge on any atom is -0.211 e. The number of nitrogens with zero attached hydrogens (tertiary/aromatic N) is 1. The van der Waals surface area contributed by atoms with E-state index in [1.54, 1.807) is 6.08 Å². The number of fused-ring (bicyclic) bond motifs is 1. The molecule has 1 unspecified atom stereocenters. The minimum absolute atomic E-state index is 0.0278. The fourth-order valence-electron chi connectivity index (χ4n) is 2.34. The maximum absolute atomic E-state index is 10.5. The van der Waals surface area contributed by atoms with Crippen LogP contribution in [0.15, 0.2) is 29.3 Å². The third-order valence-electron chi connectivity index (χ3n) is 3.31. The second-order valence-electron chi connectivity index (χ2n) is 4.81.